The van der Waals surface area contributed by atoms with Crippen molar-refractivity contribution in [1.29, 1.82) is 0 Å². The van der Waals surface area contributed by atoms with Gasteiger partial charge in [0.05, 0.1) is 5.69 Å². The van der Waals surface area contributed by atoms with Crippen molar-refractivity contribution in [2.75, 3.05) is 0 Å². The molecule has 0 spiro atoms. The van der Waals surface area contributed by atoms with E-state index in [1.807, 2.05) is 19.1 Å². The zero-order chi connectivity index (χ0) is 10.4. The van der Waals surface area contributed by atoms with E-state index < -0.39 is 0 Å². The van der Waals surface area contributed by atoms with Crippen molar-refractivity contribution in [3.05, 3.63) is 28.7 Å². The molecule has 0 unspecified atom stereocenters. The van der Waals surface area contributed by atoms with Crippen LogP contribution in [0.4, 0.5) is 0 Å². The number of hydrogen-bond acceptors (Lipinski definition) is 3. The maximum absolute atomic E-state index is 5.92. The third-order valence-electron chi connectivity index (χ3n) is 2.66. The summed E-state index contributed by atoms with van der Waals surface area (Å²) in [7, 11) is 0. The lowest BCUT2D eigenvalue weighted by atomic mass is 10.2. The number of aryl methyl sites for hydroxylation is 1. The van der Waals surface area contributed by atoms with Gasteiger partial charge in [-0.25, -0.2) is 15.0 Å². The highest BCUT2D eigenvalue weighted by atomic mass is 35.5. The largest absolute Gasteiger partial charge is 0.247 e. The summed E-state index contributed by atoms with van der Waals surface area (Å²) in [4.78, 5) is 13.1. The Labute approximate surface area is 92.5 Å². The topological polar surface area (TPSA) is 38.7 Å². The van der Waals surface area contributed by atoms with Crippen molar-refractivity contribution >= 4 is 22.8 Å². The average Bonchev–Trinajstić information content (AvgIpc) is 3.02. The third kappa shape index (κ3) is 1.57. The van der Waals surface area contributed by atoms with E-state index in [0.29, 0.717) is 16.7 Å². The molecular weight excluding hydrogens is 210 g/mol. The van der Waals surface area contributed by atoms with Crippen molar-refractivity contribution in [1.82, 2.24) is 15.0 Å². The summed E-state index contributed by atoms with van der Waals surface area (Å²) < 4.78 is 0. The van der Waals surface area contributed by atoms with Crippen LogP contribution in [0.15, 0.2) is 12.1 Å². The first-order chi connectivity index (χ1) is 7.24. The zero-order valence-electron chi connectivity index (χ0n) is 8.37. The van der Waals surface area contributed by atoms with E-state index in [9.17, 15) is 0 Å². The second kappa shape index (κ2) is 3.14. The van der Waals surface area contributed by atoms with E-state index in [4.69, 9.17) is 11.6 Å². The fourth-order valence-electron chi connectivity index (χ4n) is 1.63. The first-order valence-electron chi connectivity index (χ1n) is 5.05. The molecule has 2 aromatic rings. The van der Waals surface area contributed by atoms with E-state index in [-0.39, 0.29) is 0 Å². The van der Waals surface area contributed by atoms with E-state index in [1.165, 1.54) is 12.8 Å². The molecule has 0 N–H and O–H groups in total. The Hall–Kier alpha value is -1.22. The van der Waals surface area contributed by atoms with Crippen LogP contribution in [0, 0.1) is 6.92 Å². The molecule has 76 valence electrons. The van der Waals surface area contributed by atoms with E-state index in [2.05, 4.69) is 15.0 Å². The first kappa shape index (κ1) is 9.04. The van der Waals surface area contributed by atoms with Crippen LogP contribution in [0.5, 0.6) is 0 Å². The molecule has 1 aliphatic carbocycles. The molecule has 0 saturated heterocycles. The smallest absolute Gasteiger partial charge is 0.179 e. The summed E-state index contributed by atoms with van der Waals surface area (Å²) in [5, 5.41) is 0.447. The second-order valence-corrected chi connectivity index (χ2v) is 4.31. The van der Waals surface area contributed by atoms with Gasteiger partial charge in [0.1, 0.15) is 5.52 Å². The monoisotopic (exact) mass is 219 g/mol. The van der Waals surface area contributed by atoms with Gasteiger partial charge in [0.15, 0.2) is 10.8 Å². The van der Waals surface area contributed by atoms with Crippen molar-refractivity contribution in [3.63, 3.8) is 0 Å². The van der Waals surface area contributed by atoms with E-state index in [0.717, 1.165) is 16.9 Å². The van der Waals surface area contributed by atoms with Crippen LogP contribution in [0.2, 0.25) is 5.15 Å². The standard InChI is InChI=1S/C11H10ClN3/c1-6-10(12)15-11-9(13-6)5-4-8(14-11)7-2-3-7/h4-5,7H,2-3H2,1H3. The van der Waals surface area contributed by atoms with E-state index >= 15 is 0 Å². The predicted octanol–water partition coefficient (Wildman–Crippen LogP) is 2.86. The summed E-state index contributed by atoms with van der Waals surface area (Å²) >= 11 is 5.92. The Balaban J connectivity index is 2.21. The maximum Gasteiger partial charge on any atom is 0.179 e. The van der Waals surface area contributed by atoms with Crippen LogP contribution in [0.3, 0.4) is 0 Å². The van der Waals surface area contributed by atoms with Gasteiger partial charge in [-0.2, -0.15) is 0 Å². The van der Waals surface area contributed by atoms with Crippen LogP contribution < -0.4 is 0 Å². The van der Waals surface area contributed by atoms with Crippen molar-refractivity contribution < 1.29 is 0 Å². The fourth-order valence-corrected chi connectivity index (χ4v) is 1.75. The summed E-state index contributed by atoms with van der Waals surface area (Å²) in [6.07, 6.45) is 2.48. The van der Waals surface area contributed by atoms with Gasteiger partial charge in [0.25, 0.3) is 0 Å². The van der Waals surface area contributed by atoms with Crippen LogP contribution in [0.25, 0.3) is 11.2 Å². The fraction of sp³-hybridized carbons (Fsp3) is 0.364. The first-order valence-corrected chi connectivity index (χ1v) is 5.42. The summed E-state index contributed by atoms with van der Waals surface area (Å²) in [5.74, 6) is 0.635. The van der Waals surface area contributed by atoms with Gasteiger partial charge >= 0.3 is 0 Å². The summed E-state index contributed by atoms with van der Waals surface area (Å²) in [5.41, 5.74) is 3.36. The van der Waals surface area contributed by atoms with Gasteiger partial charge in [-0.1, -0.05) is 11.6 Å². The predicted molar refractivity (Wildman–Crippen MR) is 59.1 cm³/mol. The minimum absolute atomic E-state index is 0.447. The zero-order valence-corrected chi connectivity index (χ0v) is 9.12. The summed E-state index contributed by atoms with van der Waals surface area (Å²) in [6.45, 7) is 1.85. The lowest BCUT2D eigenvalue weighted by Gasteiger charge is -2.02. The highest BCUT2D eigenvalue weighted by Crippen LogP contribution is 2.39. The molecule has 0 radical (unpaired) electrons. The number of hydrogen-bond donors (Lipinski definition) is 0. The van der Waals surface area contributed by atoms with Gasteiger partial charge in [0.2, 0.25) is 0 Å². The third-order valence-corrected chi connectivity index (χ3v) is 3.02. The number of aromatic nitrogens is 3. The SMILES string of the molecule is Cc1nc2ccc(C3CC3)nc2nc1Cl. The van der Waals surface area contributed by atoms with Gasteiger partial charge in [-0.05, 0) is 31.9 Å². The van der Waals surface area contributed by atoms with E-state index in [1.54, 1.807) is 0 Å². The molecule has 1 fully saturated rings. The van der Waals surface area contributed by atoms with Crippen LogP contribution in [0.1, 0.15) is 30.1 Å². The Morgan fingerprint density at radius 1 is 1.20 bits per heavy atom. The Kier molecular flexibility index (Phi) is 1.89. The maximum atomic E-state index is 5.92. The lowest BCUT2D eigenvalue weighted by Crippen LogP contribution is -1.95. The number of halogens is 1. The van der Waals surface area contributed by atoms with Crippen molar-refractivity contribution in [2.24, 2.45) is 0 Å². The van der Waals surface area contributed by atoms with Crippen LogP contribution in [-0.2, 0) is 0 Å². The van der Waals surface area contributed by atoms with Gasteiger partial charge in [0, 0.05) is 11.6 Å². The number of fused-ring (bicyclic) bond motifs is 1. The Bertz CT molecular complexity index is 535. The Morgan fingerprint density at radius 3 is 2.73 bits per heavy atom. The number of rotatable bonds is 1. The molecule has 2 aromatic heterocycles. The molecule has 1 aliphatic rings. The molecule has 2 heterocycles. The lowest BCUT2D eigenvalue weighted by molar-refractivity contribution is 1.02. The Morgan fingerprint density at radius 2 is 2.00 bits per heavy atom. The number of nitrogens with zero attached hydrogens (tertiary/aromatic N) is 3. The quantitative estimate of drug-likeness (QED) is 0.740. The molecule has 1 saturated carbocycles. The molecule has 0 bridgehead atoms. The van der Waals surface area contributed by atoms with Crippen molar-refractivity contribution in [3.8, 4) is 0 Å². The van der Waals surface area contributed by atoms with Gasteiger partial charge < -0.3 is 0 Å². The molecule has 0 atom stereocenters. The summed E-state index contributed by atoms with van der Waals surface area (Å²) in [6, 6.07) is 4.02. The minimum Gasteiger partial charge on any atom is -0.247 e. The molecule has 0 aliphatic heterocycles. The van der Waals surface area contributed by atoms with Gasteiger partial charge in [-0.15, -0.1) is 0 Å². The molecule has 3 nitrogen and oxygen atoms in total. The molecule has 15 heavy (non-hydrogen) atoms. The van der Waals surface area contributed by atoms with Crippen LogP contribution in [-0.4, -0.2) is 15.0 Å². The van der Waals surface area contributed by atoms with Gasteiger partial charge in [-0.3, -0.25) is 0 Å². The molecule has 4 heteroatoms. The highest BCUT2D eigenvalue weighted by molar-refractivity contribution is 6.30. The average molecular weight is 220 g/mol. The van der Waals surface area contributed by atoms with Crippen molar-refractivity contribution in [2.45, 2.75) is 25.7 Å². The molecule has 3 rings (SSSR count). The second-order valence-electron chi connectivity index (χ2n) is 3.95. The minimum atomic E-state index is 0.447. The molecule has 0 amide bonds. The number of pyridine rings is 1. The normalized spacial score (nSPS) is 15.9. The molecular formula is C11H10ClN3. The molecule has 0 aromatic carbocycles. The highest BCUT2D eigenvalue weighted by Gasteiger charge is 2.25. The van der Waals surface area contributed by atoms with Crippen LogP contribution >= 0.6 is 11.6 Å².